The SMILES string of the molecule is Cc1cc(N2C(=O)N(C)CC2O)no1. The van der Waals surface area contributed by atoms with Gasteiger partial charge in [0.15, 0.2) is 12.0 Å². The van der Waals surface area contributed by atoms with Crippen LogP contribution in [0.2, 0.25) is 0 Å². The van der Waals surface area contributed by atoms with Crippen LogP contribution in [0.1, 0.15) is 5.76 Å². The van der Waals surface area contributed by atoms with Gasteiger partial charge in [0, 0.05) is 13.1 Å². The Labute approximate surface area is 80.7 Å². The zero-order valence-electron chi connectivity index (χ0n) is 7.97. The van der Waals surface area contributed by atoms with E-state index in [-0.39, 0.29) is 12.6 Å². The van der Waals surface area contributed by atoms with Crippen LogP contribution in [0.25, 0.3) is 0 Å². The van der Waals surface area contributed by atoms with E-state index in [0.717, 1.165) is 0 Å². The lowest BCUT2D eigenvalue weighted by molar-refractivity contribution is 0.182. The van der Waals surface area contributed by atoms with Crippen molar-refractivity contribution in [3.05, 3.63) is 11.8 Å². The van der Waals surface area contributed by atoms with E-state index in [1.54, 1.807) is 20.0 Å². The number of anilines is 1. The van der Waals surface area contributed by atoms with Crippen LogP contribution < -0.4 is 4.90 Å². The normalized spacial score (nSPS) is 22.2. The standard InChI is InChI=1S/C8H11N3O3/c1-5-3-6(9-14-5)11-7(12)4-10(2)8(11)13/h3,7,12H,4H2,1-2H3. The minimum Gasteiger partial charge on any atom is -0.371 e. The van der Waals surface area contributed by atoms with Crippen LogP contribution in [0.15, 0.2) is 10.6 Å². The highest BCUT2D eigenvalue weighted by Gasteiger charge is 2.36. The molecule has 1 aliphatic rings. The van der Waals surface area contributed by atoms with Crippen LogP contribution in [0.5, 0.6) is 0 Å². The van der Waals surface area contributed by atoms with Gasteiger partial charge in [-0.1, -0.05) is 5.16 Å². The van der Waals surface area contributed by atoms with Gasteiger partial charge in [0.2, 0.25) is 0 Å². The van der Waals surface area contributed by atoms with Crippen molar-refractivity contribution in [3.63, 3.8) is 0 Å². The number of aliphatic hydroxyl groups is 1. The molecule has 2 amide bonds. The zero-order chi connectivity index (χ0) is 10.3. The molecular weight excluding hydrogens is 186 g/mol. The van der Waals surface area contributed by atoms with Crippen molar-refractivity contribution in [2.24, 2.45) is 0 Å². The van der Waals surface area contributed by atoms with Gasteiger partial charge in [-0.25, -0.2) is 9.69 Å². The summed E-state index contributed by atoms with van der Waals surface area (Å²) in [6.07, 6.45) is -0.850. The summed E-state index contributed by atoms with van der Waals surface area (Å²) in [5.41, 5.74) is 0. The van der Waals surface area contributed by atoms with Crippen LogP contribution in [0.3, 0.4) is 0 Å². The summed E-state index contributed by atoms with van der Waals surface area (Å²) >= 11 is 0. The molecular formula is C8H11N3O3. The summed E-state index contributed by atoms with van der Waals surface area (Å²) in [5.74, 6) is 0.957. The van der Waals surface area contributed by atoms with E-state index in [4.69, 9.17) is 4.52 Å². The molecule has 1 aromatic rings. The van der Waals surface area contributed by atoms with Crippen LogP contribution in [0.4, 0.5) is 10.6 Å². The number of hydrogen-bond acceptors (Lipinski definition) is 4. The number of carbonyl (C=O) groups excluding carboxylic acids is 1. The summed E-state index contributed by atoms with van der Waals surface area (Å²) in [6.45, 7) is 2.01. The molecule has 1 N–H and O–H groups in total. The van der Waals surface area contributed by atoms with Crippen molar-refractivity contribution in [2.45, 2.75) is 13.2 Å². The fraction of sp³-hybridized carbons (Fsp3) is 0.500. The lowest BCUT2D eigenvalue weighted by Gasteiger charge is -2.14. The number of β-amino-alcohol motifs (C(OH)–C–C–N with tert-alkyl or cyclic N) is 1. The molecule has 1 atom stereocenters. The smallest absolute Gasteiger partial charge is 0.327 e. The van der Waals surface area contributed by atoms with Gasteiger partial charge in [0.05, 0.1) is 6.54 Å². The first-order valence-corrected chi connectivity index (χ1v) is 4.25. The molecule has 0 spiro atoms. The molecule has 14 heavy (non-hydrogen) atoms. The topological polar surface area (TPSA) is 69.8 Å². The number of aliphatic hydroxyl groups excluding tert-OH is 1. The maximum Gasteiger partial charge on any atom is 0.327 e. The first-order chi connectivity index (χ1) is 6.59. The Bertz CT molecular complexity index is 362. The van der Waals surface area contributed by atoms with Gasteiger partial charge < -0.3 is 14.5 Å². The molecule has 2 rings (SSSR count). The Morgan fingerprint density at radius 1 is 1.71 bits per heavy atom. The second-order valence-electron chi connectivity index (χ2n) is 3.31. The summed E-state index contributed by atoms with van der Waals surface area (Å²) in [5, 5.41) is 13.3. The number of urea groups is 1. The molecule has 2 heterocycles. The Morgan fingerprint density at radius 2 is 2.43 bits per heavy atom. The Hall–Kier alpha value is -1.56. The summed E-state index contributed by atoms with van der Waals surface area (Å²) in [7, 11) is 1.62. The number of carbonyl (C=O) groups is 1. The van der Waals surface area contributed by atoms with Gasteiger partial charge >= 0.3 is 6.03 Å². The van der Waals surface area contributed by atoms with Gasteiger partial charge in [0.25, 0.3) is 0 Å². The van der Waals surface area contributed by atoms with E-state index in [9.17, 15) is 9.90 Å². The third-order valence-electron chi connectivity index (χ3n) is 2.13. The van der Waals surface area contributed by atoms with Crippen molar-refractivity contribution in [1.29, 1.82) is 0 Å². The number of aryl methyl sites for hydroxylation is 1. The van der Waals surface area contributed by atoms with E-state index < -0.39 is 6.23 Å². The average Bonchev–Trinajstić information content (AvgIpc) is 2.60. The summed E-state index contributed by atoms with van der Waals surface area (Å²) in [4.78, 5) is 14.2. The van der Waals surface area contributed by atoms with Gasteiger partial charge in [-0.15, -0.1) is 0 Å². The Balaban J connectivity index is 2.30. The largest absolute Gasteiger partial charge is 0.371 e. The van der Waals surface area contributed by atoms with Crippen molar-refractivity contribution in [3.8, 4) is 0 Å². The van der Waals surface area contributed by atoms with Gasteiger partial charge in [-0.05, 0) is 6.92 Å². The van der Waals surface area contributed by atoms with Crippen molar-refractivity contribution in [2.75, 3.05) is 18.5 Å². The predicted molar refractivity (Wildman–Crippen MR) is 47.8 cm³/mol. The fourth-order valence-electron chi connectivity index (χ4n) is 1.43. The number of rotatable bonds is 1. The molecule has 0 radical (unpaired) electrons. The fourth-order valence-corrected chi connectivity index (χ4v) is 1.43. The van der Waals surface area contributed by atoms with Crippen molar-refractivity contribution >= 4 is 11.8 Å². The molecule has 0 aromatic carbocycles. The number of likely N-dealkylation sites (N-methyl/N-ethyl adjacent to an activating group) is 1. The maximum absolute atomic E-state index is 11.5. The predicted octanol–water partition coefficient (Wildman–Crippen LogP) is 0.173. The lowest BCUT2D eigenvalue weighted by atomic mass is 10.4. The molecule has 1 aliphatic heterocycles. The van der Waals surface area contributed by atoms with Crippen molar-refractivity contribution < 1.29 is 14.4 Å². The number of aromatic nitrogens is 1. The molecule has 0 saturated carbocycles. The van der Waals surface area contributed by atoms with Crippen LogP contribution >= 0.6 is 0 Å². The highest BCUT2D eigenvalue weighted by molar-refractivity contribution is 5.93. The molecule has 1 fully saturated rings. The van der Waals surface area contributed by atoms with Crippen molar-refractivity contribution in [1.82, 2.24) is 10.1 Å². The Morgan fingerprint density at radius 3 is 2.86 bits per heavy atom. The summed E-state index contributed by atoms with van der Waals surface area (Å²) < 4.78 is 4.84. The Kier molecular flexibility index (Phi) is 1.92. The first kappa shape index (κ1) is 9.01. The monoisotopic (exact) mass is 197 g/mol. The van der Waals surface area contributed by atoms with E-state index in [1.807, 2.05) is 0 Å². The third kappa shape index (κ3) is 1.24. The maximum atomic E-state index is 11.5. The molecule has 76 valence electrons. The van der Waals surface area contributed by atoms with Gasteiger partial charge in [-0.2, -0.15) is 0 Å². The number of hydrogen-bond donors (Lipinski definition) is 1. The minimum absolute atomic E-state index is 0.272. The van der Waals surface area contributed by atoms with Crippen LogP contribution in [0, 0.1) is 6.92 Å². The second-order valence-corrected chi connectivity index (χ2v) is 3.31. The molecule has 1 saturated heterocycles. The van der Waals surface area contributed by atoms with Crippen LogP contribution in [-0.4, -0.2) is 41.0 Å². The summed E-state index contributed by atoms with van der Waals surface area (Å²) in [6, 6.07) is 1.34. The molecule has 1 aromatic heterocycles. The van der Waals surface area contributed by atoms with E-state index in [1.165, 1.54) is 9.80 Å². The average molecular weight is 197 g/mol. The number of nitrogens with zero attached hydrogens (tertiary/aromatic N) is 3. The zero-order valence-corrected chi connectivity index (χ0v) is 7.97. The van der Waals surface area contributed by atoms with E-state index in [0.29, 0.717) is 11.6 Å². The van der Waals surface area contributed by atoms with Gasteiger partial charge in [-0.3, -0.25) is 0 Å². The molecule has 6 heteroatoms. The van der Waals surface area contributed by atoms with E-state index in [2.05, 4.69) is 5.16 Å². The second kappa shape index (κ2) is 2.98. The highest BCUT2D eigenvalue weighted by atomic mass is 16.5. The van der Waals surface area contributed by atoms with Gasteiger partial charge in [0.1, 0.15) is 5.76 Å². The third-order valence-corrected chi connectivity index (χ3v) is 2.13. The van der Waals surface area contributed by atoms with Crippen LogP contribution in [-0.2, 0) is 0 Å². The molecule has 0 bridgehead atoms. The highest BCUT2D eigenvalue weighted by Crippen LogP contribution is 2.21. The minimum atomic E-state index is -0.850. The molecule has 1 unspecified atom stereocenters. The van der Waals surface area contributed by atoms with E-state index >= 15 is 0 Å². The molecule has 0 aliphatic carbocycles. The molecule has 6 nitrogen and oxygen atoms in total. The lowest BCUT2D eigenvalue weighted by Crippen LogP contribution is -2.34. The quantitative estimate of drug-likeness (QED) is 0.696. The number of amides is 2. The first-order valence-electron chi connectivity index (χ1n) is 4.25.